The Bertz CT molecular complexity index is 1590. The van der Waals surface area contributed by atoms with Gasteiger partial charge in [0, 0.05) is 54.6 Å². The molecule has 0 unspecified atom stereocenters. The molecule has 2 aliphatic carbocycles. The number of aromatic nitrogens is 4. The molecule has 1 atom stereocenters. The third kappa shape index (κ3) is 4.59. The summed E-state index contributed by atoms with van der Waals surface area (Å²) in [5.41, 5.74) is 10.5. The van der Waals surface area contributed by atoms with Gasteiger partial charge in [-0.1, -0.05) is 18.6 Å². The second-order valence-corrected chi connectivity index (χ2v) is 11.4. The van der Waals surface area contributed by atoms with E-state index in [2.05, 4.69) is 15.3 Å². The Kier molecular flexibility index (Phi) is 6.21. The lowest BCUT2D eigenvalue weighted by atomic mass is 9.83. The molecule has 7 rings (SSSR count). The SMILES string of the molecule is Nc1nccn2c([C@@H]3CCCN(C(=O)C4CCC4)C3)nc(-c3ccc(C(=O)Nc4cc(C5CC5)ccn4)cc3)c12. The molecule has 9 nitrogen and oxygen atoms in total. The van der Waals surface area contributed by atoms with E-state index in [1.54, 1.807) is 24.5 Å². The molecule has 4 heterocycles. The number of piperidine rings is 1. The van der Waals surface area contributed by atoms with Gasteiger partial charge in [-0.05, 0) is 74.3 Å². The van der Waals surface area contributed by atoms with Gasteiger partial charge >= 0.3 is 0 Å². The van der Waals surface area contributed by atoms with Gasteiger partial charge in [0.05, 0.1) is 0 Å². The van der Waals surface area contributed by atoms with Crippen molar-refractivity contribution in [3.05, 3.63) is 71.9 Å². The van der Waals surface area contributed by atoms with Crippen molar-refractivity contribution in [1.29, 1.82) is 0 Å². The lowest BCUT2D eigenvalue weighted by Crippen LogP contribution is -2.44. The van der Waals surface area contributed by atoms with Crippen LogP contribution in [-0.2, 0) is 4.79 Å². The molecule has 4 aromatic rings. The molecule has 1 aromatic carbocycles. The summed E-state index contributed by atoms with van der Waals surface area (Å²) in [5.74, 6) is 2.86. The summed E-state index contributed by atoms with van der Waals surface area (Å²) in [6, 6.07) is 11.4. The van der Waals surface area contributed by atoms with E-state index >= 15 is 0 Å². The molecular weight excluding hydrogens is 502 g/mol. The minimum absolute atomic E-state index is 0.116. The quantitative estimate of drug-likeness (QED) is 0.358. The maximum Gasteiger partial charge on any atom is 0.256 e. The minimum Gasteiger partial charge on any atom is -0.382 e. The largest absolute Gasteiger partial charge is 0.382 e. The average molecular weight is 536 g/mol. The van der Waals surface area contributed by atoms with Crippen LogP contribution in [0.2, 0.25) is 0 Å². The van der Waals surface area contributed by atoms with Crippen LogP contribution in [-0.4, -0.2) is 49.2 Å². The number of nitrogen functional groups attached to an aromatic ring is 1. The van der Waals surface area contributed by atoms with Crippen LogP contribution >= 0.6 is 0 Å². The lowest BCUT2D eigenvalue weighted by Gasteiger charge is -2.36. The van der Waals surface area contributed by atoms with Crippen LogP contribution in [0.25, 0.3) is 16.8 Å². The second kappa shape index (κ2) is 10.0. The molecule has 204 valence electrons. The highest BCUT2D eigenvalue weighted by molar-refractivity contribution is 6.04. The number of pyridine rings is 1. The number of likely N-dealkylation sites (tertiary alicyclic amines) is 1. The predicted molar refractivity (Wildman–Crippen MR) is 153 cm³/mol. The highest BCUT2D eigenvalue weighted by Crippen LogP contribution is 2.40. The minimum atomic E-state index is -0.206. The zero-order chi connectivity index (χ0) is 27.2. The summed E-state index contributed by atoms with van der Waals surface area (Å²) in [6.45, 7) is 1.49. The van der Waals surface area contributed by atoms with Crippen molar-refractivity contribution in [2.45, 2.75) is 56.8 Å². The molecule has 2 amide bonds. The Morgan fingerprint density at radius 3 is 2.50 bits per heavy atom. The molecule has 2 saturated carbocycles. The summed E-state index contributed by atoms with van der Waals surface area (Å²) < 4.78 is 2.03. The fourth-order valence-electron chi connectivity index (χ4n) is 6.03. The average Bonchev–Trinajstić information content (AvgIpc) is 3.73. The Labute approximate surface area is 232 Å². The van der Waals surface area contributed by atoms with Crippen molar-refractivity contribution >= 4 is 29.0 Å². The van der Waals surface area contributed by atoms with Crippen molar-refractivity contribution in [1.82, 2.24) is 24.3 Å². The van der Waals surface area contributed by atoms with Gasteiger partial charge < -0.3 is 16.0 Å². The monoisotopic (exact) mass is 535 g/mol. The number of fused-ring (bicyclic) bond motifs is 1. The van der Waals surface area contributed by atoms with Crippen molar-refractivity contribution in [2.24, 2.45) is 5.92 Å². The molecule has 0 radical (unpaired) electrons. The zero-order valence-corrected chi connectivity index (χ0v) is 22.4. The molecule has 0 spiro atoms. The molecule has 3 fully saturated rings. The normalized spacial score (nSPS) is 19.4. The second-order valence-electron chi connectivity index (χ2n) is 11.4. The standard InChI is InChI=1S/C31H33N7O2/c32-28-27-26(20-8-10-21(11-9-20)30(39)35-25-17-23(12-13-33-25)19-6-7-19)36-29(38(27)16-14-34-28)24-5-2-15-37(18-24)31(40)22-3-1-4-22/h8-14,16-17,19,22,24H,1-7,15,18H2,(H2,32,34)(H,33,35,39)/t24-/m1/s1. The number of carbonyl (C=O) groups is 2. The Balaban J connectivity index is 1.15. The number of anilines is 2. The first kappa shape index (κ1) is 24.7. The summed E-state index contributed by atoms with van der Waals surface area (Å²) in [7, 11) is 0. The van der Waals surface area contributed by atoms with E-state index in [0.29, 0.717) is 35.6 Å². The molecule has 3 N–H and O–H groups in total. The van der Waals surface area contributed by atoms with Gasteiger partial charge in [-0.25, -0.2) is 15.0 Å². The number of benzene rings is 1. The van der Waals surface area contributed by atoms with Crippen molar-refractivity contribution in [3.63, 3.8) is 0 Å². The number of nitrogens with two attached hydrogens (primary N) is 1. The summed E-state index contributed by atoms with van der Waals surface area (Å²) >= 11 is 0. The van der Waals surface area contributed by atoms with Crippen LogP contribution in [0.1, 0.15) is 78.5 Å². The van der Waals surface area contributed by atoms with Crippen LogP contribution in [0, 0.1) is 5.92 Å². The van der Waals surface area contributed by atoms with E-state index in [0.717, 1.165) is 61.2 Å². The molecule has 1 aliphatic heterocycles. The maximum atomic E-state index is 13.0. The van der Waals surface area contributed by atoms with Crippen LogP contribution in [0.15, 0.2) is 55.0 Å². The lowest BCUT2D eigenvalue weighted by molar-refractivity contribution is -0.139. The van der Waals surface area contributed by atoms with Gasteiger partial charge in [0.25, 0.3) is 5.91 Å². The summed E-state index contributed by atoms with van der Waals surface area (Å²) in [5, 5.41) is 2.92. The topological polar surface area (TPSA) is 119 Å². The first-order valence-corrected chi connectivity index (χ1v) is 14.3. The fraction of sp³-hybridized carbons (Fsp3) is 0.387. The van der Waals surface area contributed by atoms with Crippen LogP contribution in [0.3, 0.4) is 0 Å². The number of imidazole rings is 1. The highest BCUT2D eigenvalue weighted by Gasteiger charge is 2.34. The number of nitrogens with zero attached hydrogens (tertiary/aromatic N) is 5. The van der Waals surface area contributed by atoms with Gasteiger partial charge in [0.15, 0.2) is 0 Å². The van der Waals surface area contributed by atoms with Crippen LogP contribution in [0.4, 0.5) is 11.6 Å². The van der Waals surface area contributed by atoms with Crippen LogP contribution in [0.5, 0.6) is 0 Å². The molecule has 9 heteroatoms. The third-order valence-corrected chi connectivity index (χ3v) is 8.66. The molecule has 1 saturated heterocycles. The Morgan fingerprint density at radius 1 is 0.925 bits per heavy atom. The van der Waals surface area contributed by atoms with E-state index in [1.807, 2.05) is 39.8 Å². The molecule has 3 aliphatic rings. The van der Waals surface area contributed by atoms with E-state index in [9.17, 15) is 9.59 Å². The van der Waals surface area contributed by atoms with Gasteiger partial charge in [0.1, 0.15) is 28.7 Å². The van der Waals surface area contributed by atoms with Crippen molar-refractivity contribution < 1.29 is 9.59 Å². The molecule has 0 bridgehead atoms. The van der Waals surface area contributed by atoms with Gasteiger partial charge in [-0.2, -0.15) is 0 Å². The van der Waals surface area contributed by atoms with Gasteiger partial charge in [-0.15, -0.1) is 0 Å². The smallest absolute Gasteiger partial charge is 0.256 e. The number of nitrogens with one attached hydrogen (secondary N) is 1. The first-order chi connectivity index (χ1) is 19.5. The fourth-order valence-corrected chi connectivity index (χ4v) is 6.03. The summed E-state index contributed by atoms with van der Waals surface area (Å²) in [4.78, 5) is 41.7. The summed E-state index contributed by atoms with van der Waals surface area (Å²) in [6.07, 6.45) is 12.8. The molecular formula is C31H33N7O2. The van der Waals surface area contributed by atoms with E-state index < -0.39 is 0 Å². The molecule has 40 heavy (non-hydrogen) atoms. The van der Waals surface area contributed by atoms with Gasteiger partial charge in [0.2, 0.25) is 5.91 Å². The maximum absolute atomic E-state index is 13.0. The number of hydrogen-bond donors (Lipinski definition) is 2. The molecule has 3 aromatic heterocycles. The van der Waals surface area contributed by atoms with Crippen molar-refractivity contribution in [2.75, 3.05) is 24.1 Å². The first-order valence-electron chi connectivity index (χ1n) is 14.3. The number of amides is 2. The number of hydrogen-bond acceptors (Lipinski definition) is 6. The predicted octanol–water partition coefficient (Wildman–Crippen LogP) is 5.01. The van der Waals surface area contributed by atoms with E-state index in [-0.39, 0.29) is 17.7 Å². The van der Waals surface area contributed by atoms with E-state index in [4.69, 9.17) is 10.7 Å². The Morgan fingerprint density at radius 2 is 1.75 bits per heavy atom. The highest BCUT2D eigenvalue weighted by atomic mass is 16.2. The number of carbonyl (C=O) groups excluding carboxylic acids is 2. The third-order valence-electron chi connectivity index (χ3n) is 8.66. The van der Waals surface area contributed by atoms with Crippen molar-refractivity contribution in [3.8, 4) is 11.3 Å². The number of rotatable bonds is 6. The Hall–Kier alpha value is -4.27. The zero-order valence-electron chi connectivity index (χ0n) is 22.4. The van der Waals surface area contributed by atoms with E-state index in [1.165, 1.54) is 18.4 Å². The van der Waals surface area contributed by atoms with Crippen LogP contribution < -0.4 is 11.1 Å². The van der Waals surface area contributed by atoms with Gasteiger partial charge in [-0.3, -0.25) is 14.0 Å².